The monoisotopic (exact) mass is 255 g/mol. The van der Waals surface area contributed by atoms with Gasteiger partial charge in [-0.05, 0) is 38.2 Å². The highest BCUT2D eigenvalue weighted by Gasteiger charge is 2.17. The molecule has 0 amide bonds. The van der Waals surface area contributed by atoms with Crippen molar-refractivity contribution in [2.24, 2.45) is 5.41 Å². The van der Waals surface area contributed by atoms with Gasteiger partial charge in [0.15, 0.2) is 0 Å². The van der Waals surface area contributed by atoms with Crippen molar-refractivity contribution < 1.29 is 0 Å². The molecule has 0 atom stereocenters. The number of hydrogen-bond acceptors (Lipinski definition) is 3. The predicted molar refractivity (Wildman–Crippen MR) is 73.7 cm³/mol. The van der Waals surface area contributed by atoms with Crippen LogP contribution < -0.4 is 5.32 Å². The Morgan fingerprint density at radius 1 is 1.24 bits per heavy atom. The second-order valence-corrected chi connectivity index (χ2v) is 5.66. The number of rotatable bonds is 6. The number of hydrogen-bond donors (Lipinski definition) is 1. The van der Waals surface area contributed by atoms with Crippen molar-refractivity contribution in [1.82, 2.24) is 9.97 Å². The fourth-order valence-electron chi connectivity index (χ4n) is 1.76. The zero-order valence-corrected chi connectivity index (χ0v) is 11.9. The fraction of sp³-hybridized carbons (Fsp3) is 0.692. The Balaban J connectivity index is 2.54. The molecule has 1 rings (SSSR count). The minimum atomic E-state index is 0.218. The van der Waals surface area contributed by atoms with Crippen molar-refractivity contribution in [2.75, 3.05) is 17.7 Å². The summed E-state index contributed by atoms with van der Waals surface area (Å²) >= 11 is 5.72. The first kappa shape index (κ1) is 14.2. The van der Waals surface area contributed by atoms with Gasteiger partial charge in [-0.1, -0.05) is 13.8 Å². The Morgan fingerprint density at radius 2 is 1.82 bits per heavy atom. The molecule has 0 aromatic carbocycles. The van der Waals surface area contributed by atoms with Gasteiger partial charge >= 0.3 is 0 Å². The normalized spacial score (nSPS) is 11.6. The zero-order valence-electron chi connectivity index (χ0n) is 11.2. The van der Waals surface area contributed by atoms with Crippen LogP contribution in [0.2, 0.25) is 0 Å². The van der Waals surface area contributed by atoms with E-state index in [9.17, 15) is 0 Å². The highest BCUT2D eigenvalue weighted by atomic mass is 35.5. The molecule has 96 valence electrons. The van der Waals surface area contributed by atoms with Crippen LogP contribution in [0.3, 0.4) is 0 Å². The van der Waals surface area contributed by atoms with E-state index in [1.165, 1.54) is 0 Å². The third-order valence-corrected chi connectivity index (χ3v) is 2.96. The van der Waals surface area contributed by atoms with Crippen LogP contribution in [0, 0.1) is 19.3 Å². The van der Waals surface area contributed by atoms with Crippen molar-refractivity contribution in [3.05, 3.63) is 17.5 Å². The number of alkyl halides is 1. The van der Waals surface area contributed by atoms with Crippen molar-refractivity contribution in [3.8, 4) is 0 Å². The molecule has 0 aliphatic rings. The highest BCUT2D eigenvalue weighted by Crippen LogP contribution is 2.22. The van der Waals surface area contributed by atoms with Gasteiger partial charge < -0.3 is 5.32 Å². The van der Waals surface area contributed by atoms with Gasteiger partial charge in [-0.3, -0.25) is 0 Å². The van der Waals surface area contributed by atoms with Gasteiger partial charge in [-0.2, -0.15) is 0 Å². The molecule has 0 aliphatic carbocycles. The maximum Gasteiger partial charge on any atom is 0.223 e. The first-order valence-electron chi connectivity index (χ1n) is 6.05. The minimum absolute atomic E-state index is 0.218. The Bertz CT molecular complexity index is 343. The summed E-state index contributed by atoms with van der Waals surface area (Å²) < 4.78 is 0. The third kappa shape index (κ3) is 5.35. The van der Waals surface area contributed by atoms with Crippen molar-refractivity contribution in [1.29, 1.82) is 0 Å². The van der Waals surface area contributed by atoms with Gasteiger partial charge in [0.1, 0.15) is 0 Å². The summed E-state index contributed by atoms with van der Waals surface area (Å²) in [4.78, 5) is 8.74. The maximum atomic E-state index is 5.72. The molecule has 0 radical (unpaired) electrons. The molecule has 1 aromatic rings. The highest BCUT2D eigenvalue weighted by molar-refractivity contribution is 6.17. The van der Waals surface area contributed by atoms with Crippen molar-refractivity contribution in [3.63, 3.8) is 0 Å². The SMILES string of the molecule is Cc1cc(C)nc(NCC(C)(C)CCCCl)n1. The number of nitrogens with zero attached hydrogens (tertiary/aromatic N) is 2. The van der Waals surface area contributed by atoms with Gasteiger partial charge in [-0.15, -0.1) is 11.6 Å². The zero-order chi connectivity index (χ0) is 12.9. The molecule has 0 saturated heterocycles. The number of nitrogens with one attached hydrogen (secondary N) is 1. The second-order valence-electron chi connectivity index (χ2n) is 5.28. The van der Waals surface area contributed by atoms with E-state index in [1.807, 2.05) is 19.9 Å². The molecule has 4 heteroatoms. The van der Waals surface area contributed by atoms with Gasteiger partial charge in [0.2, 0.25) is 5.95 Å². The van der Waals surface area contributed by atoms with Gasteiger partial charge in [0, 0.05) is 23.8 Å². The molecule has 0 fully saturated rings. The van der Waals surface area contributed by atoms with Crippen LogP contribution in [0.5, 0.6) is 0 Å². The smallest absolute Gasteiger partial charge is 0.223 e. The lowest BCUT2D eigenvalue weighted by Gasteiger charge is -2.24. The molecular formula is C13H22ClN3. The van der Waals surface area contributed by atoms with Gasteiger partial charge in [-0.25, -0.2) is 9.97 Å². The summed E-state index contributed by atoms with van der Waals surface area (Å²) in [6, 6.07) is 1.98. The number of aryl methyl sites for hydroxylation is 2. The molecule has 3 nitrogen and oxygen atoms in total. The summed E-state index contributed by atoms with van der Waals surface area (Å²) in [7, 11) is 0. The minimum Gasteiger partial charge on any atom is -0.354 e. The van der Waals surface area contributed by atoms with E-state index in [1.54, 1.807) is 0 Å². The lowest BCUT2D eigenvalue weighted by atomic mass is 9.88. The first-order chi connectivity index (χ1) is 7.93. The lowest BCUT2D eigenvalue weighted by molar-refractivity contribution is 0.354. The number of halogens is 1. The number of aromatic nitrogens is 2. The first-order valence-corrected chi connectivity index (χ1v) is 6.58. The molecule has 0 saturated carbocycles. The van der Waals surface area contributed by atoms with E-state index in [0.717, 1.165) is 42.6 Å². The van der Waals surface area contributed by atoms with E-state index in [-0.39, 0.29) is 5.41 Å². The standard InChI is InChI=1S/C13H22ClN3/c1-10-8-11(2)17-12(16-10)15-9-13(3,4)6-5-7-14/h8H,5-7,9H2,1-4H3,(H,15,16,17). The van der Waals surface area contributed by atoms with E-state index >= 15 is 0 Å². The molecule has 1 N–H and O–H groups in total. The summed E-state index contributed by atoms with van der Waals surface area (Å²) in [5.74, 6) is 1.45. The molecule has 0 bridgehead atoms. The van der Waals surface area contributed by atoms with Crippen LogP contribution in [0.1, 0.15) is 38.1 Å². The largest absolute Gasteiger partial charge is 0.354 e. The summed E-state index contributed by atoms with van der Waals surface area (Å²) in [6.45, 7) is 9.30. The molecular weight excluding hydrogens is 234 g/mol. The summed E-state index contributed by atoms with van der Waals surface area (Å²) in [5.41, 5.74) is 2.22. The quantitative estimate of drug-likeness (QED) is 0.790. The van der Waals surface area contributed by atoms with Crippen LogP contribution in [-0.4, -0.2) is 22.4 Å². The number of anilines is 1. The van der Waals surface area contributed by atoms with E-state index in [2.05, 4.69) is 29.1 Å². The van der Waals surface area contributed by atoms with Crippen LogP contribution in [0.15, 0.2) is 6.07 Å². The fourth-order valence-corrected chi connectivity index (χ4v) is 1.89. The predicted octanol–water partition coefficient (Wildman–Crippen LogP) is 3.55. The van der Waals surface area contributed by atoms with E-state index in [4.69, 9.17) is 11.6 Å². The van der Waals surface area contributed by atoms with E-state index < -0.39 is 0 Å². The average molecular weight is 256 g/mol. The van der Waals surface area contributed by atoms with Crippen LogP contribution >= 0.6 is 11.6 Å². The molecule has 0 spiro atoms. The maximum absolute atomic E-state index is 5.72. The van der Waals surface area contributed by atoms with Gasteiger partial charge in [0.25, 0.3) is 0 Å². The van der Waals surface area contributed by atoms with Crippen LogP contribution in [0.4, 0.5) is 5.95 Å². The Kier molecular flexibility index (Phi) is 5.19. The lowest BCUT2D eigenvalue weighted by Crippen LogP contribution is -2.24. The molecule has 0 unspecified atom stereocenters. The average Bonchev–Trinajstić information content (AvgIpc) is 2.23. The van der Waals surface area contributed by atoms with Gasteiger partial charge in [0.05, 0.1) is 0 Å². The Morgan fingerprint density at radius 3 is 2.35 bits per heavy atom. The van der Waals surface area contributed by atoms with Crippen LogP contribution in [0.25, 0.3) is 0 Å². The molecule has 1 aromatic heterocycles. The topological polar surface area (TPSA) is 37.8 Å². The molecule has 17 heavy (non-hydrogen) atoms. The second kappa shape index (κ2) is 6.20. The Labute approximate surface area is 109 Å². The summed E-state index contributed by atoms with van der Waals surface area (Å²) in [5, 5.41) is 3.31. The van der Waals surface area contributed by atoms with Crippen molar-refractivity contribution >= 4 is 17.5 Å². The summed E-state index contributed by atoms with van der Waals surface area (Å²) in [6.07, 6.45) is 2.15. The van der Waals surface area contributed by atoms with E-state index in [0.29, 0.717) is 0 Å². The molecule has 0 aliphatic heterocycles. The molecule has 1 heterocycles. The van der Waals surface area contributed by atoms with Crippen molar-refractivity contribution in [2.45, 2.75) is 40.5 Å². The third-order valence-electron chi connectivity index (χ3n) is 2.69. The Hall–Kier alpha value is -0.830. The van der Waals surface area contributed by atoms with Crippen LogP contribution in [-0.2, 0) is 0 Å².